The van der Waals surface area contributed by atoms with Crippen LogP contribution in [0.1, 0.15) is 24.7 Å². The molecule has 4 rings (SSSR count). The molecule has 0 unspecified atom stereocenters. The van der Waals surface area contributed by atoms with Crippen molar-refractivity contribution in [2.75, 3.05) is 22.0 Å². The molecule has 0 saturated carbocycles. The van der Waals surface area contributed by atoms with E-state index in [1.165, 1.54) is 26.0 Å². The molecule has 24 heteroatoms. The van der Waals surface area contributed by atoms with Crippen LogP contribution in [0.5, 0.6) is 0 Å². The lowest BCUT2D eigenvalue weighted by Gasteiger charge is -2.10. The first-order valence-corrected chi connectivity index (χ1v) is 17.2. The molecule has 0 saturated heterocycles. The molecular formula is C22H20Cl4F4N8O6S2. The van der Waals surface area contributed by atoms with Crippen molar-refractivity contribution in [1.29, 1.82) is 0 Å². The van der Waals surface area contributed by atoms with Gasteiger partial charge in [-0.05, 0) is 38.1 Å². The summed E-state index contributed by atoms with van der Waals surface area (Å²) in [4.78, 5) is 24.0. The molecule has 2 N–H and O–H groups in total. The Morgan fingerprint density at radius 3 is 1.17 bits per heavy atom. The van der Waals surface area contributed by atoms with Crippen molar-refractivity contribution in [3.8, 4) is 11.4 Å². The first-order chi connectivity index (χ1) is 21.0. The first kappa shape index (κ1) is 37.2. The summed E-state index contributed by atoms with van der Waals surface area (Å²) in [5, 5.41) is 7.25. The number of nitrogens with one attached hydrogen (secondary N) is 2. The van der Waals surface area contributed by atoms with Gasteiger partial charge >= 0.3 is 24.5 Å². The Hall–Kier alpha value is -3.30. The van der Waals surface area contributed by atoms with Crippen LogP contribution in [0.3, 0.4) is 0 Å². The summed E-state index contributed by atoms with van der Waals surface area (Å²) in [5.74, 6) is -0.456. The Kier molecular flexibility index (Phi) is 11.2. The summed E-state index contributed by atoms with van der Waals surface area (Å²) >= 11 is 23.7. The predicted molar refractivity (Wildman–Crippen MR) is 165 cm³/mol. The number of halogens is 8. The minimum absolute atomic E-state index is 0.0257. The standard InChI is InChI=1S/2C11H10Cl2F2N4O3S/c2*1-5-16-19(11(20)18(5)10(14)15)9-4-8(17-23(2,21)22)6(12)3-7(9)13/h2*3-4,10,17H,1-2H3. The van der Waals surface area contributed by atoms with E-state index in [0.29, 0.717) is 9.36 Å². The molecule has 252 valence electrons. The molecule has 2 heterocycles. The SMILES string of the molecule is Cc1nn(-c2cc(NS(C)(=O)=O)c(Cl)cc2Cl)c(=O)n1C(F)F.Cc1nn(-c2cc(NS(C)(=O)=O)c(Cl)cc2Cl)c(=O)n1C(F)F. The van der Waals surface area contributed by atoms with Crippen LogP contribution < -0.4 is 20.8 Å². The Morgan fingerprint density at radius 2 is 0.935 bits per heavy atom. The van der Waals surface area contributed by atoms with Crippen molar-refractivity contribution in [2.24, 2.45) is 0 Å². The van der Waals surface area contributed by atoms with Gasteiger partial charge in [-0.15, -0.1) is 10.2 Å². The second-order valence-electron chi connectivity index (χ2n) is 9.09. The number of aromatic nitrogens is 6. The summed E-state index contributed by atoms with van der Waals surface area (Å²) in [6, 6.07) is 4.62. The number of anilines is 2. The molecule has 0 aliphatic rings. The van der Waals surface area contributed by atoms with Crippen LogP contribution >= 0.6 is 46.4 Å². The van der Waals surface area contributed by atoms with Crippen LogP contribution in [-0.2, 0) is 20.0 Å². The highest BCUT2D eigenvalue weighted by Gasteiger charge is 2.22. The number of nitrogens with zero attached hydrogens (tertiary/aromatic N) is 6. The molecule has 0 aliphatic carbocycles. The van der Waals surface area contributed by atoms with Crippen molar-refractivity contribution in [2.45, 2.75) is 26.9 Å². The maximum Gasteiger partial charge on any atom is 0.355 e. The third kappa shape index (κ3) is 8.53. The van der Waals surface area contributed by atoms with Gasteiger partial charge in [-0.2, -0.15) is 26.9 Å². The third-order valence-corrected chi connectivity index (χ3v) is 7.88. The molecule has 0 radical (unpaired) electrons. The van der Waals surface area contributed by atoms with Crippen LogP contribution in [0, 0.1) is 13.8 Å². The van der Waals surface area contributed by atoms with E-state index in [1.807, 2.05) is 0 Å². The lowest BCUT2D eigenvalue weighted by Crippen LogP contribution is -2.25. The highest BCUT2D eigenvalue weighted by Crippen LogP contribution is 2.33. The van der Waals surface area contributed by atoms with Crippen molar-refractivity contribution >= 4 is 77.8 Å². The first-order valence-electron chi connectivity index (χ1n) is 11.9. The average molecular weight is 774 g/mol. The van der Waals surface area contributed by atoms with Crippen LogP contribution in [0.15, 0.2) is 33.9 Å². The molecule has 2 aromatic carbocycles. The number of hydrogen-bond acceptors (Lipinski definition) is 8. The van der Waals surface area contributed by atoms with Gasteiger partial charge in [-0.3, -0.25) is 9.44 Å². The topological polar surface area (TPSA) is 172 Å². The number of sulfonamides is 2. The Bertz CT molecular complexity index is 2000. The summed E-state index contributed by atoms with van der Waals surface area (Å²) in [7, 11) is -7.30. The predicted octanol–water partition coefficient (Wildman–Crippen LogP) is 4.83. The monoisotopic (exact) mass is 772 g/mol. The van der Waals surface area contributed by atoms with Crippen molar-refractivity contribution in [3.05, 3.63) is 77.0 Å². The number of hydrogen-bond donors (Lipinski definition) is 2. The van der Waals surface area contributed by atoms with Gasteiger partial charge in [0, 0.05) is 0 Å². The van der Waals surface area contributed by atoms with Crippen LogP contribution in [0.2, 0.25) is 20.1 Å². The second-order valence-corrected chi connectivity index (χ2v) is 14.2. The van der Waals surface area contributed by atoms with E-state index in [4.69, 9.17) is 46.4 Å². The van der Waals surface area contributed by atoms with Gasteiger partial charge < -0.3 is 0 Å². The summed E-state index contributed by atoms with van der Waals surface area (Å²) in [6.07, 6.45) is 1.80. The third-order valence-electron chi connectivity index (χ3n) is 5.47. The summed E-state index contributed by atoms with van der Waals surface area (Å²) in [5.41, 5.74) is -2.54. The molecule has 4 aromatic rings. The molecule has 0 aliphatic heterocycles. The maximum atomic E-state index is 12.8. The van der Waals surface area contributed by atoms with E-state index >= 15 is 0 Å². The van der Waals surface area contributed by atoms with E-state index in [0.717, 1.165) is 24.6 Å². The number of benzene rings is 2. The zero-order valence-electron chi connectivity index (χ0n) is 23.4. The molecule has 0 amide bonds. The molecule has 14 nitrogen and oxygen atoms in total. The van der Waals surface area contributed by atoms with Gasteiger partial charge in [-0.1, -0.05) is 46.4 Å². The molecule has 0 atom stereocenters. The fraction of sp³-hybridized carbons (Fsp3) is 0.273. The van der Waals surface area contributed by atoms with E-state index < -0.39 is 44.5 Å². The smallest absolute Gasteiger partial charge is 0.282 e. The highest BCUT2D eigenvalue weighted by molar-refractivity contribution is 7.92. The minimum Gasteiger partial charge on any atom is -0.282 e. The van der Waals surface area contributed by atoms with Crippen LogP contribution in [0.25, 0.3) is 11.4 Å². The number of rotatable bonds is 8. The molecule has 0 spiro atoms. The second kappa shape index (κ2) is 13.8. The van der Waals surface area contributed by atoms with Gasteiger partial charge in [-0.25, -0.2) is 35.6 Å². The Morgan fingerprint density at radius 1 is 0.630 bits per heavy atom. The molecular weight excluding hydrogens is 754 g/mol. The largest absolute Gasteiger partial charge is 0.355 e. The Balaban J connectivity index is 0.000000250. The fourth-order valence-electron chi connectivity index (χ4n) is 3.67. The Labute approximate surface area is 277 Å². The quantitative estimate of drug-likeness (QED) is 0.240. The minimum atomic E-state index is -3.65. The van der Waals surface area contributed by atoms with Crippen LogP contribution in [0.4, 0.5) is 28.9 Å². The van der Waals surface area contributed by atoms with Gasteiger partial charge in [0.2, 0.25) is 20.0 Å². The van der Waals surface area contributed by atoms with E-state index in [1.54, 1.807) is 0 Å². The molecule has 46 heavy (non-hydrogen) atoms. The van der Waals surface area contributed by atoms with Crippen molar-refractivity contribution in [1.82, 2.24) is 28.7 Å². The zero-order chi connectivity index (χ0) is 35.0. The van der Waals surface area contributed by atoms with Crippen LogP contribution in [-0.4, -0.2) is 58.0 Å². The molecule has 0 bridgehead atoms. The van der Waals surface area contributed by atoms with Gasteiger partial charge in [0.1, 0.15) is 11.6 Å². The number of aryl methyl sites for hydroxylation is 2. The zero-order valence-corrected chi connectivity index (χ0v) is 28.1. The number of alkyl halides is 4. The average Bonchev–Trinajstić information content (AvgIpc) is 3.35. The molecule has 0 fully saturated rings. The van der Waals surface area contributed by atoms with Crippen molar-refractivity contribution in [3.63, 3.8) is 0 Å². The van der Waals surface area contributed by atoms with Crippen molar-refractivity contribution < 1.29 is 34.4 Å². The van der Waals surface area contributed by atoms with E-state index in [2.05, 4.69) is 19.6 Å². The van der Waals surface area contributed by atoms with Gasteiger partial charge in [0.25, 0.3) is 0 Å². The van der Waals surface area contributed by atoms with E-state index in [-0.39, 0.29) is 63.6 Å². The summed E-state index contributed by atoms with van der Waals surface area (Å²) in [6.45, 7) is -3.69. The maximum absolute atomic E-state index is 12.8. The molecule has 2 aromatic heterocycles. The van der Waals surface area contributed by atoms with Gasteiger partial charge in [0.15, 0.2) is 0 Å². The lowest BCUT2D eigenvalue weighted by molar-refractivity contribution is 0.0634. The summed E-state index contributed by atoms with van der Waals surface area (Å²) < 4.78 is 103. The lowest BCUT2D eigenvalue weighted by atomic mass is 10.3. The van der Waals surface area contributed by atoms with Gasteiger partial charge in [0.05, 0.1) is 55.4 Å². The highest BCUT2D eigenvalue weighted by atomic mass is 35.5. The normalized spacial score (nSPS) is 12.0. The van der Waals surface area contributed by atoms with E-state index in [9.17, 15) is 44.0 Å². The fourth-order valence-corrected chi connectivity index (χ4v) is 5.94.